The highest BCUT2D eigenvalue weighted by Gasteiger charge is 2.33. The molecule has 3 heterocycles. The zero-order valence-electron chi connectivity index (χ0n) is 25.5. The van der Waals surface area contributed by atoms with Crippen LogP contribution in [0.5, 0.6) is 0 Å². The van der Waals surface area contributed by atoms with Gasteiger partial charge < -0.3 is 23.9 Å². The van der Waals surface area contributed by atoms with Crippen molar-refractivity contribution in [3.05, 3.63) is 88.9 Å². The van der Waals surface area contributed by atoms with Crippen molar-refractivity contribution in [2.75, 3.05) is 44.4 Å². The molecule has 1 atom stereocenters. The highest BCUT2D eigenvalue weighted by molar-refractivity contribution is 7.92. The second-order valence-corrected chi connectivity index (χ2v) is 13.3. The summed E-state index contributed by atoms with van der Waals surface area (Å²) in [7, 11) is 0.943. The maximum absolute atomic E-state index is 14.5. The Morgan fingerprint density at radius 1 is 1.07 bits per heavy atom. The lowest BCUT2D eigenvalue weighted by Crippen LogP contribution is -2.43. The van der Waals surface area contributed by atoms with E-state index in [9.17, 15) is 22.4 Å². The van der Waals surface area contributed by atoms with Crippen LogP contribution < -0.4 is 9.62 Å². The van der Waals surface area contributed by atoms with Crippen LogP contribution in [-0.4, -0.2) is 69.7 Å². The van der Waals surface area contributed by atoms with Gasteiger partial charge in [-0.2, -0.15) is 0 Å². The zero-order chi connectivity index (χ0) is 32.2. The number of aromatic nitrogens is 1. The van der Waals surface area contributed by atoms with Crippen LogP contribution in [0.15, 0.2) is 65.1 Å². The maximum Gasteiger partial charge on any atom is 0.270 e. The molecule has 45 heavy (non-hydrogen) atoms. The van der Waals surface area contributed by atoms with Gasteiger partial charge in [-0.25, -0.2) is 12.8 Å². The van der Waals surface area contributed by atoms with Crippen molar-refractivity contribution in [3.8, 4) is 11.3 Å². The van der Waals surface area contributed by atoms with Crippen molar-refractivity contribution in [1.82, 2.24) is 14.8 Å². The Balaban J connectivity index is 1.47. The van der Waals surface area contributed by atoms with Crippen LogP contribution in [0.4, 0.5) is 10.1 Å². The molecule has 1 fully saturated rings. The van der Waals surface area contributed by atoms with Gasteiger partial charge in [0, 0.05) is 55.7 Å². The number of amides is 2. The van der Waals surface area contributed by atoms with E-state index in [1.54, 1.807) is 46.8 Å². The molecule has 0 unspecified atom stereocenters. The van der Waals surface area contributed by atoms with Gasteiger partial charge in [-0.3, -0.25) is 13.9 Å². The van der Waals surface area contributed by atoms with E-state index in [0.29, 0.717) is 55.7 Å². The number of sulfonamides is 1. The quantitative estimate of drug-likeness (QED) is 0.282. The first kappa shape index (κ1) is 30.4. The fraction of sp³-hybridized carbons (Fsp3) is 0.273. The van der Waals surface area contributed by atoms with Crippen molar-refractivity contribution in [3.63, 3.8) is 0 Å². The molecule has 12 heteroatoms. The van der Waals surface area contributed by atoms with E-state index in [2.05, 4.69) is 5.32 Å². The Hall–Kier alpha value is -4.68. The number of hydrogen-bond donors (Lipinski definition) is 1. The molecular formula is C33H33FN4O6S. The maximum atomic E-state index is 14.5. The Bertz CT molecular complexity index is 2080. The van der Waals surface area contributed by atoms with Crippen LogP contribution >= 0.6 is 0 Å². The fourth-order valence-corrected chi connectivity index (χ4v) is 6.35. The minimum Gasteiger partial charge on any atom is -0.455 e. The zero-order valence-corrected chi connectivity index (χ0v) is 26.4. The van der Waals surface area contributed by atoms with Gasteiger partial charge in [0.25, 0.3) is 11.8 Å². The van der Waals surface area contributed by atoms with E-state index in [4.69, 9.17) is 9.15 Å². The van der Waals surface area contributed by atoms with Crippen LogP contribution in [0.3, 0.4) is 0 Å². The number of nitrogens with zero attached hydrogens (tertiary/aromatic N) is 3. The van der Waals surface area contributed by atoms with E-state index in [1.807, 2.05) is 31.2 Å². The number of ether oxygens (including phenoxy) is 1. The van der Waals surface area contributed by atoms with Crippen molar-refractivity contribution in [2.45, 2.75) is 13.0 Å². The molecule has 6 rings (SSSR count). The predicted octanol–water partition coefficient (Wildman–Crippen LogP) is 5.01. The number of anilines is 1. The summed E-state index contributed by atoms with van der Waals surface area (Å²) in [5, 5.41) is 3.51. The lowest BCUT2D eigenvalue weighted by atomic mass is 9.98. The first-order valence-corrected chi connectivity index (χ1v) is 16.2. The monoisotopic (exact) mass is 632 g/mol. The van der Waals surface area contributed by atoms with Crippen molar-refractivity contribution in [1.29, 1.82) is 0 Å². The van der Waals surface area contributed by atoms with E-state index >= 15 is 0 Å². The number of carbonyl (C=O) groups is 2. The summed E-state index contributed by atoms with van der Waals surface area (Å²) in [6.07, 6.45) is 0.348. The summed E-state index contributed by atoms with van der Waals surface area (Å²) in [5.41, 5.74) is 4.02. The topological polar surface area (TPSA) is 114 Å². The van der Waals surface area contributed by atoms with Crippen molar-refractivity contribution >= 4 is 49.4 Å². The number of aryl methyl sites for hydroxylation is 2. The molecule has 234 valence electrons. The third kappa shape index (κ3) is 5.33. The molecule has 0 radical (unpaired) electrons. The Labute approximate surface area is 260 Å². The third-order valence-corrected chi connectivity index (χ3v) is 9.59. The number of morpholine rings is 1. The first-order chi connectivity index (χ1) is 21.4. The van der Waals surface area contributed by atoms with Crippen LogP contribution in [0, 0.1) is 12.7 Å². The van der Waals surface area contributed by atoms with Crippen LogP contribution in [0.2, 0.25) is 0 Å². The van der Waals surface area contributed by atoms with Gasteiger partial charge in [-0.05, 0) is 31.2 Å². The largest absolute Gasteiger partial charge is 0.455 e. The number of carbonyl (C=O) groups excluding carboxylic acids is 2. The standard InChI is InChI=1S/C33H33FN4O6S/c1-19-9-11-20(12-10-19)31-30(32(39)35-2)23-15-22(26(17-28(23)44-31)37(4)45(5,41)42)29-18-38(13-14-43-29)33(40)27-16-21-24(34)7-6-8-25(21)36(27)3/h6-12,15-17,29H,13-14,18H2,1-5H3,(H,35,39)/t29-/m0/s1. The second-order valence-electron chi connectivity index (χ2n) is 11.3. The van der Waals surface area contributed by atoms with Gasteiger partial charge in [-0.15, -0.1) is 0 Å². The molecule has 0 saturated carbocycles. The molecule has 1 aliphatic rings. The second kappa shape index (κ2) is 11.4. The smallest absolute Gasteiger partial charge is 0.270 e. The minimum absolute atomic E-state index is 0.0942. The number of rotatable bonds is 6. The Kier molecular flexibility index (Phi) is 7.66. The minimum atomic E-state index is -3.73. The summed E-state index contributed by atoms with van der Waals surface area (Å²) in [6.45, 7) is 2.51. The number of nitrogens with one attached hydrogen (secondary N) is 1. The van der Waals surface area contributed by atoms with Gasteiger partial charge >= 0.3 is 0 Å². The van der Waals surface area contributed by atoms with E-state index in [-0.39, 0.29) is 31.5 Å². The highest BCUT2D eigenvalue weighted by atomic mass is 32.2. The van der Waals surface area contributed by atoms with Crippen molar-refractivity contribution < 1.29 is 31.6 Å². The van der Waals surface area contributed by atoms with E-state index in [1.165, 1.54) is 20.2 Å². The molecule has 0 bridgehead atoms. The summed E-state index contributed by atoms with van der Waals surface area (Å²) in [4.78, 5) is 28.7. The molecule has 2 amide bonds. The average Bonchev–Trinajstić information content (AvgIpc) is 3.57. The lowest BCUT2D eigenvalue weighted by Gasteiger charge is -2.35. The highest BCUT2D eigenvalue weighted by Crippen LogP contribution is 2.41. The number of halogens is 1. The number of fused-ring (bicyclic) bond motifs is 2. The first-order valence-electron chi connectivity index (χ1n) is 14.4. The predicted molar refractivity (Wildman–Crippen MR) is 170 cm³/mol. The van der Waals surface area contributed by atoms with Crippen LogP contribution in [0.25, 0.3) is 33.2 Å². The Morgan fingerprint density at radius 3 is 2.47 bits per heavy atom. The SMILES string of the molecule is CNC(=O)c1c(-c2ccc(C)cc2)oc2cc(N(C)S(C)(=O)=O)c([C@@H]3CN(C(=O)c4cc5c(F)cccc5n4C)CCO3)cc12. The fourth-order valence-electron chi connectivity index (χ4n) is 5.83. The number of furan rings is 1. The molecule has 3 aromatic carbocycles. The molecule has 1 N–H and O–H groups in total. The lowest BCUT2D eigenvalue weighted by molar-refractivity contribution is -0.0228. The molecule has 5 aromatic rings. The van der Waals surface area contributed by atoms with Gasteiger partial charge in [0.05, 0.1) is 36.2 Å². The summed E-state index contributed by atoms with van der Waals surface area (Å²) < 4.78 is 55.3. The van der Waals surface area contributed by atoms with E-state index in [0.717, 1.165) is 16.1 Å². The van der Waals surface area contributed by atoms with Crippen LogP contribution in [-0.2, 0) is 21.8 Å². The Morgan fingerprint density at radius 2 is 1.80 bits per heavy atom. The molecule has 1 saturated heterocycles. The molecule has 2 aromatic heterocycles. The molecule has 1 aliphatic heterocycles. The van der Waals surface area contributed by atoms with Gasteiger partial charge in [0.1, 0.15) is 29.0 Å². The van der Waals surface area contributed by atoms with Crippen molar-refractivity contribution in [2.24, 2.45) is 7.05 Å². The molecule has 0 spiro atoms. The van der Waals surface area contributed by atoms with Gasteiger partial charge in [-0.1, -0.05) is 35.9 Å². The van der Waals surface area contributed by atoms with Crippen LogP contribution in [0.1, 0.15) is 38.1 Å². The molecule has 10 nitrogen and oxygen atoms in total. The van der Waals surface area contributed by atoms with E-state index < -0.39 is 21.9 Å². The average molecular weight is 633 g/mol. The summed E-state index contributed by atoms with van der Waals surface area (Å²) >= 11 is 0. The molecule has 0 aliphatic carbocycles. The third-order valence-electron chi connectivity index (χ3n) is 8.40. The summed E-state index contributed by atoms with van der Waals surface area (Å²) in [5.74, 6) is -0.750. The van der Waals surface area contributed by atoms with Gasteiger partial charge in [0.2, 0.25) is 10.0 Å². The summed E-state index contributed by atoms with van der Waals surface area (Å²) in [6, 6.07) is 17.1. The number of hydrogen-bond acceptors (Lipinski definition) is 6. The normalized spacial score (nSPS) is 15.5. The number of benzene rings is 3. The van der Waals surface area contributed by atoms with Gasteiger partial charge in [0.15, 0.2) is 0 Å². The molecular weight excluding hydrogens is 599 g/mol.